The molecule has 2 aromatic rings. The Bertz CT molecular complexity index is 906. The molecule has 1 aliphatic rings. The second-order valence-electron chi connectivity index (χ2n) is 5.77. The number of nitrogens with zero attached hydrogens (tertiary/aromatic N) is 2. The Kier molecular flexibility index (Phi) is 6.54. The number of hydrogen-bond donors (Lipinski definition) is 1. The zero-order valence-electron chi connectivity index (χ0n) is 14.5. The lowest BCUT2D eigenvalue weighted by Crippen LogP contribution is -2.31. The molecular formula is C19H17N3O2S3. The van der Waals surface area contributed by atoms with Gasteiger partial charge in [-0.05, 0) is 24.1 Å². The third-order valence-electron chi connectivity index (χ3n) is 3.67. The lowest BCUT2D eigenvalue weighted by atomic mass is 10.1. The van der Waals surface area contributed by atoms with E-state index in [4.69, 9.17) is 12.2 Å². The zero-order chi connectivity index (χ0) is 19.2. The van der Waals surface area contributed by atoms with E-state index in [1.807, 2.05) is 49.4 Å². The highest BCUT2D eigenvalue weighted by molar-refractivity contribution is 8.26. The standard InChI is InChI=1S/C19H17N3O2S3/c1-13(11-14-5-3-2-4-6-14)12-15-17(24)22(19(25)27-15)9-7-16(23)21-18-20-8-10-26-18/h2-6,8,10-12H,7,9H2,1H3,(H,20,21,23)/b13-11-,15-12+. The molecular weight excluding hydrogens is 398 g/mol. The molecule has 0 aliphatic carbocycles. The van der Waals surface area contributed by atoms with Crippen LogP contribution in [0, 0.1) is 0 Å². The van der Waals surface area contributed by atoms with Crippen LogP contribution in [0.2, 0.25) is 0 Å². The van der Waals surface area contributed by atoms with Crippen molar-refractivity contribution in [1.82, 2.24) is 9.88 Å². The van der Waals surface area contributed by atoms with Gasteiger partial charge in [-0.3, -0.25) is 14.5 Å². The van der Waals surface area contributed by atoms with E-state index in [-0.39, 0.29) is 24.8 Å². The molecule has 2 amide bonds. The second kappa shape index (κ2) is 9.07. The van der Waals surface area contributed by atoms with E-state index in [2.05, 4.69) is 10.3 Å². The molecule has 2 heterocycles. The summed E-state index contributed by atoms with van der Waals surface area (Å²) in [6, 6.07) is 9.90. The quantitative estimate of drug-likeness (QED) is 0.562. The molecule has 0 unspecified atom stereocenters. The lowest BCUT2D eigenvalue weighted by Gasteiger charge is -2.13. The Hall–Kier alpha value is -2.29. The number of amides is 2. The van der Waals surface area contributed by atoms with Crippen molar-refractivity contribution in [2.24, 2.45) is 0 Å². The van der Waals surface area contributed by atoms with Crippen molar-refractivity contribution in [3.8, 4) is 0 Å². The summed E-state index contributed by atoms with van der Waals surface area (Å²) in [6.07, 6.45) is 5.63. The molecule has 1 aromatic carbocycles. The molecule has 1 aliphatic heterocycles. The average Bonchev–Trinajstić information content (AvgIpc) is 3.23. The minimum atomic E-state index is -0.192. The number of allylic oxidation sites excluding steroid dienone is 2. The molecule has 0 bridgehead atoms. The maximum absolute atomic E-state index is 12.6. The third kappa shape index (κ3) is 5.35. The second-order valence-corrected chi connectivity index (χ2v) is 8.34. The van der Waals surface area contributed by atoms with E-state index in [9.17, 15) is 9.59 Å². The van der Waals surface area contributed by atoms with Gasteiger partial charge in [0, 0.05) is 24.5 Å². The molecule has 3 rings (SSSR count). The first kappa shape index (κ1) is 19.5. The molecule has 0 saturated carbocycles. The van der Waals surface area contributed by atoms with E-state index in [0.29, 0.717) is 14.4 Å². The predicted molar refractivity (Wildman–Crippen MR) is 115 cm³/mol. The summed E-state index contributed by atoms with van der Waals surface area (Å²) in [7, 11) is 0. The van der Waals surface area contributed by atoms with Gasteiger partial charge in [0.15, 0.2) is 5.13 Å². The Balaban J connectivity index is 1.61. The molecule has 138 valence electrons. The summed E-state index contributed by atoms with van der Waals surface area (Å²) < 4.78 is 0.473. The number of benzene rings is 1. The topological polar surface area (TPSA) is 62.3 Å². The van der Waals surface area contributed by atoms with Crippen molar-refractivity contribution in [2.45, 2.75) is 13.3 Å². The first-order chi connectivity index (χ1) is 13.0. The summed E-state index contributed by atoms with van der Waals surface area (Å²) in [5.74, 6) is -0.351. The summed E-state index contributed by atoms with van der Waals surface area (Å²) in [5.41, 5.74) is 2.03. The molecule has 0 atom stereocenters. The van der Waals surface area contributed by atoms with Gasteiger partial charge in [0.05, 0.1) is 4.91 Å². The van der Waals surface area contributed by atoms with E-state index in [0.717, 1.165) is 11.1 Å². The fourth-order valence-electron chi connectivity index (χ4n) is 2.43. The molecule has 1 N–H and O–H groups in total. The lowest BCUT2D eigenvalue weighted by molar-refractivity contribution is -0.122. The number of anilines is 1. The summed E-state index contributed by atoms with van der Waals surface area (Å²) >= 11 is 7.92. The van der Waals surface area contributed by atoms with Gasteiger partial charge in [0.1, 0.15) is 4.32 Å². The molecule has 1 saturated heterocycles. The number of thioether (sulfide) groups is 1. The fourth-order valence-corrected chi connectivity index (χ4v) is 4.34. The first-order valence-corrected chi connectivity index (χ1v) is 10.3. The van der Waals surface area contributed by atoms with Gasteiger partial charge >= 0.3 is 0 Å². The number of nitrogens with one attached hydrogen (secondary N) is 1. The number of aromatic nitrogens is 1. The maximum atomic E-state index is 12.6. The van der Waals surface area contributed by atoms with E-state index in [1.54, 1.807) is 11.6 Å². The Morgan fingerprint density at radius 3 is 2.81 bits per heavy atom. The van der Waals surface area contributed by atoms with Crippen LogP contribution in [0.25, 0.3) is 6.08 Å². The van der Waals surface area contributed by atoms with Crippen molar-refractivity contribution in [3.05, 3.63) is 64.0 Å². The highest BCUT2D eigenvalue weighted by atomic mass is 32.2. The van der Waals surface area contributed by atoms with Gasteiger partial charge in [-0.2, -0.15) is 0 Å². The summed E-state index contributed by atoms with van der Waals surface area (Å²) in [5, 5.41) is 5.04. The summed E-state index contributed by atoms with van der Waals surface area (Å²) in [6.45, 7) is 2.20. The zero-order valence-corrected chi connectivity index (χ0v) is 17.0. The number of rotatable bonds is 6. The van der Waals surface area contributed by atoms with Crippen LogP contribution in [0.15, 0.2) is 58.5 Å². The van der Waals surface area contributed by atoms with Crippen LogP contribution in [0.3, 0.4) is 0 Å². The average molecular weight is 416 g/mol. The van der Waals surface area contributed by atoms with Crippen LogP contribution < -0.4 is 5.32 Å². The molecule has 8 heteroatoms. The molecule has 1 fully saturated rings. The van der Waals surface area contributed by atoms with Crippen LogP contribution in [0.4, 0.5) is 5.13 Å². The number of carbonyl (C=O) groups is 2. The van der Waals surface area contributed by atoms with E-state index < -0.39 is 0 Å². The molecule has 0 radical (unpaired) electrons. The molecule has 1 aromatic heterocycles. The van der Waals surface area contributed by atoms with Gasteiger partial charge < -0.3 is 5.32 Å². The number of carbonyl (C=O) groups excluding carboxylic acids is 2. The van der Waals surface area contributed by atoms with Crippen molar-refractivity contribution in [2.75, 3.05) is 11.9 Å². The van der Waals surface area contributed by atoms with Crippen LogP contribution in [0.1, 0.15) is 18.9 Å². The molecule has 0 spiro atoms. The molecule has 27 heavy (non-hydrogen) atoms. The van der Waals surface area contributed by atoms with Gasteiger partial charge in [0.2, 0.25) is 5.91 Å². The van der Waals surface area contributed by atoms with Crippen LogP contribution in [-0.2, 0) is 9.59 Å². The number of thiocarbonyl (C=S) groups is 1. The third-order valence-corrected chi connectivity index (χ3v) is 5.73. The number of thiazole rings is 1. The highest BCUT2D eigenvalue weighted by Crippen LogP contribution is 2.32. The number of hydrogen-bond acceptors (Lipinski definition) is 6. The van der Waals surface area contributed by atoms with Gasteiger partial charge in [0.25, 0.3) is 5.91 Å². The Morgan fingerprint density at radius 2 is 2.11 bits per heavy atom. The minimum Gasteiger partial charge on any atom is -0.302 e. The van der Waals surface area contributed by atoms with Gasteiger partial charge in [-0.1, -0.05) is 60.4 Å². The monoisotopic (exact) mass is 415 g/mol. The van der Waals surface area contributed by atoms with Crippen LogP contribution >= 0.6 is 35.3 Å². The van der Waals surface area contributed by atoms with E-state index in [1.165, 1.54) is 28.0 Å². The predicted octanol–water partition coefficient (Wildman–Crippen LogP) is 4.32. The highest BCUT2D eigenvalue weighted by Gasteiger charge is 2.32. The fraction of sp³-hybridized carbons (Fsp3) is 0.158. The SMILES string of the molecule is CC(=C/c1ccccc1)/C=C1/SC(=S)N(CCC(=O)Nc2nccs2)C1=O. The summed E-state index contributed by atoms with van der Waals surface area (Å²) in [4.78, 5) is 30.7. The minimum absolute atomic E-state index is 0.159. The Labute approximate surface area is 171 Å². The van der Waals surface area contributed by atoms with Gasteiger partial charge in [-0.15, -0.1) is 11.3 Å². The first-order valence-electron chi connectivity index (χ1n) is 8.21. The van der Waals surface area contributed by atoms with Crippen molar-refractivity contribution in [3.63, 3.8) is 0 Å². The van der Waals surface area contributed by atoms with Crippen LogP contribution in [0.5, 0.6) is 0 Å². The van der Waals surface area contributed by atoms with Crippen molar-refractivity contribution >= 4 is 62.7 Å². The van der Waals surface area contributed by atoms with Gasteiger partial charge in [-0.25, -0.2) is 4.98 Å². The van der Waals surface area contributed by atoms with E-state index >= 15 is 0 Å². The maximum Gasteiger partial charge on any atom is 0.266 e. The Morgan fingerprint density at radius 1 is 1.33 bits per heavy atom. The van der Waals surface area contributed by atoms with Crippen LogP contribution in [-0.4, -0.2) is 32.6 Å². The normalized spacial score (nSPS) is 16.3. The molecule has 5 nitrogen and oxygen atoms in total. The van der Waals surface area contributed by atoms with Crippen molar-refractivity contribution < 1.29 is 9.59 Å². The smallest absolute Gasteiger partial charge is 0.266 e. The van der Waals surface area contributed by atoms with Crippen molar-refractivity contribution in [1.29, 1.82) is 0 Å². The largest absolute Gasteiger partial charge is 0.302 e.